The van der Waals surface area contributed by atoms with Crippen LogP contribution in [-0.4, -0.2) is 11.8 Å². The van der Waals surface area contributed by atoms with Gasteiger partial charge in [0.05, 0.1) is 5.56 Å². The zero-order chi connectivity index (χ0) is 19.4. The molecule has 27 heavy (non-hydrogen) atoms. The van der Waals surface area contributed by atoms with Crippen molar-refractivity contribution in [2.75, 3.05) is 0 Å². The van der Waals surface area contributed by atoms with Gasteiger partial charge in [-0.2, -0.15) is 0 Å². The standard InChI is InChI=1S/C24H26O3/c1-16(2)21-14-9-17(3)22(23(21)25)15-18-10-12-20(13-11-18)27-24(26)19-7-5-4-6-8-19/h4-8,10-13,16,21H,9,14-15H2,1-3H3/t21-/m1/s1. The summed E-state index contributed by atoms with van der Waals surface area (Å²) in [6.07, 6.45) is 2.59. The molecule has 3 heteroatoms. The highest BCUT2D eigenvalue weighted by Gasteiger charge is 2.29. The second-order valence-corrected chi connectivity index (χ2v) is 7.59. The number of allylic oxidation sites excluding steroid dienone is 2. The average Bonchev–Trinajstić information content (AvgIpc) is 2.66. The van der Waals surface area contributed by atoms with E-state index in [-0.39, 0.29) is 11.9 Å². The molecule has 3 rings (SSSR count). The van der Waals surface area contributed by atoms with E-state index >= 15 is 0 Å². The summed E-state index contributed by atoms with van der Waals surface area (Å²) in [5.74, 6) is 0.945. The molecule has 0 radical (unpaired) electrons. The highest BCUT2D eigenvalue weighted by molar-refractivity contribution is 5.99. The number of benzene rings is 2. The summed E-state index contributed by atoms with van der Waals surface area (Å²) in [5, 5.41) is 0. The van der Waals surface area contributed by atoms with Crippen LogP contribution < -0.4 is 4.74 Å². The summed E-state index contributed by atoms with van der Waals surface area (Å²) in [4.78, 5) is 25.0. The van der Waals surface area contributed by atoms with E-state index in [1.807, 2.05) is 18.2 Å². The summed E-state index contributed by atoms with van der Waals surface area (Å²) in [6, 6.07) is 16.4. The predicted molar refractivity (Wildman–Crippen MR) is 107 cm³/mol. The van der Waals surface area contributed by atoms with E-state index in [9.17, 15) is 9.59 Å². The van der Waals surface area contributed by atoms with Crippen molar-refractivity contribution in [1.82, 2.24) is 0 Å². The van der Waals surface area contributed by atoms with E-state index in [1.165, 1.54) is 5.57 Å². The average molecular weight is 362 g/mol. The smallest absolute Gasteiger partial charge is 0.343 e. The third kappa shape index (κ3) is 4.54. The van der Waals surface area contributed by atoms with Crippen LogP contribution in [-0.2, 0) is 11.2 Å². The molecular weight excluding hydrogens is 336 g/mol. The number of ketones is 1. The van der Waals surface area contributed by atoms with E-state index in [0.29, 0.717) is 29.4 Å². The Morgan fingerprint density at radius 1 is 1.07 bits per heavy atom. The maximum atomic E-state index is 12.8. The van der Waals surface area contributed by atoms with Gasteiger partial charge in [-0.05, 0) is 61.1 Å². The fourth-order valence-electron chi connectivity index (χ4n) is 3.58. The normalized spacial score (nSPS) is 17.3. The molecule has 0 spiro atoms. The van der Waals surface area contributed by atoms with E-state index in [0.717, 1.165) is 24.0 Å². The Morgan fingerprint density at radius 2 is 1.74 bits per heavy atom. The molecule has 0 saturated heterocycles. The van der Waals surface area contributed by atoms with Gasteiger partial charge in [0, 0.05) is 12.3 Å². The lowest BCUT2D eigenvalue weighted by Gasteiger charge is -2.27. The maximum Gasteiger partial charge on any atom is 0.343 e. The molecule has 3 nitrogen and oxygen atoms in total. The van der Waals surface area contributed by atoms with Gasteiger partial charge in [-0.3, -0.25) is 4.79 Å². The monoisotopic (exact) mass is 362 g/mol. The van der Waals surface area contributed by atoms with Crippen molar-refractivity contribution in [3.05, 3.63) is 76.9 Å². The minimum absolute atomic E-state index is 0.134. The van der Waals surface area contributed by atoms with Crippen LogP contribution in [0.5, 0.6) is 5.75 Å². The molecule has 0 heterocycles. The highest BCUT2D eigenvalue weighted by atomic mass is 16.5. The summed E-state index contributed by atoms with van der Waals surface area (Å²) in [7, 11) is 0. The van der Waals surface area contributed by atoms with Crippen LogP contribution in [0.1, 0.15) is 49.5 Å². The van der Waals surface area contributed by atoms with Gasteiger partial charge in [-0.15, -0.1) is 0 Å². The number of carbonyl (C=O) groups is 2. The largest absolute Gasteiger partial charge is 0.423 e. The maximum absolute atomic E-state index is 12.8. The lowest BCUT2D eigenvalue weighted by Crippen LogP contribution is -2.27. The third-order valence-electron chi connectivity index (χ3n) is 5.31. The van der Waals surface area contributed by atoms with Crippen LogP contribution in [0.15, 0.2) is 65.7 Å². The van der Waals surface area contributed by atoms with E-state index < -0.39 is 0 Å². The van der Waals surface area contributed by atoms with Gasteiger partial charge in [0.25, 0.3) is 0 Å². The van der Waals surface area contributed by atoms with Crippen LogP contribution in [0, 0.1) is 11.8 Å². The topological polar surface area (TPSA) is 43.4 Å². The molecule has 2 aromatic rings. The van der Waals surface area contributed by atoms with Gasteiger partial charge in [0.1, 0.15) is 5.75 Å². The number of hydrogen-bond acceptors (Lipinski definition) is 3. The molecule has 0 amide bonds. The van der Waals surface area contributed by atoms with Crippen molar-refractivity contribution in [3.63, 3.8) is 0 Å². The Morgan fingerprint density at radius 3 is 2.37 bits per heavy atom. The first-order chi connectivity index (χ1) is 13.0. The summed E-state index contributed by atoms with van der Waals surface area (Å²) in [6.45, 7) is 6.31. The lowest BCUT2D eigenvalue weighted by molar-refractivity contribution is -0.121. The molecule has 0 aliphatic heterocycles. The Balaban J connectivity index is 1.69. The lowest BCUT2D eigenvalue weighted by atomic mass is 9.76. The second kappa shape index (κ2) is 8.34. The number of esters is 1. The van der Waals surface area contributed by atoms with Crippen molar-refractivity contribution < 1.29 is 14.3 Å². The molecule has 1 aliphatic rings. The molecule has 0 fully saturated rings. The second-order valence-electron chi connectivity index (χ2n) is 7.59. The van der Waals surface area contributed by atoms with Crippen molar-refractivity contribution in [2.24, 2.45) is 11.8 Å². The zero-order valence-electron chi connectivity index (χ0n) is 16.2. The van der Waals surface area contributed by atoms with Crippen LogP contribution in [0.25, 0.3) is 0 Å². The summed E-state index contributed by atoms with van der Waals surface area (Å²) in [5.41, 5.74) is 3.74. The van der Waals surface area contributed by atoms with Gasteiger partial charge in [0.2, 0.25) is 0 Å². The number of hydrogen-bond donors (Lipinski definition) is 0. The minimum Gasteiger partial charge on any atom is -0.423 e. The minimum atomic E-state index is -0.371. The van der Waals surface area contributed by atoms with Crippen LogP contribution >= 0.6 is 0 Å². The Kier molecular flexibility index (Phi) is 5.90. The first kappa shape index (κ1) is 19.1. The molecule has 0 bridgehead atoms. The molecule has 1 atom stereocenters. The third-order valence-corrected chi connectivity index (χ3v) is 5.31. The Bertz CT molecular complexity index is 845. The Labute approximate surface area is 161 Å². The predicted octanol–water partition coefficient (Wildman–Crippen LogP) is 5.40. The SMILES string of the molecule is CC1=C(Cc2ccc(OC(=O)c3ccccc3)cc2)C(=O)[C@@H](C(C)C)CC1. The van der Waals surface area contributed by atoms with Crippen LogP contribution in [0.2, 0.25) is 0 Å². The van der Waals surface area contributed by atoms with Gasteiger partial charge >= 0.3 is 5.97 Å². The van der Waals surface area contributed by atoms with Crippen molar-refractivity contribution in [1.29, 1.82) is 0 Å². The molecule has 140 valence electrons. The van der Waals surface area contributed by atoms with Gasteiger partial charge < -0.3 is 4.74 Å². The van der Waals surface area contributed by atoms with Crippen molar-refractivity contribution in [2.45, 2.75) is 40.0 Å². The van der Waals surface area contributed by atoms with E-state index in [4.69, 9.17) is 4.74 Å². The number of rotatable bonds is 5. The first-order valence-electron chi connectivity index (χ1n) is 9.54. The fraction of sp³-hybridized carbons (Fsp3) is 0.333. The van der Waals surface area contributed by atoms with Crippen molar-refractivity contribution >= 4 is 11.8 Å². The highest BCUT2D eigenvalue weighted by Crippen LogP contribution is 2.32. The van der Waals surface area contributed by atoms with Gasteiger partial charge in [-0.1, -0.05) is 49.8 Å². The van der Waals surface area contributed by atoms with E-state index in [2.05, 4.69) is 20.8 Å². The number of carbonyl (C=O) groups excluding carboxylic acids is 2. The molecular formula is C24H26O3. The molecule has 0 aromatic heterocycles. The summed E-state index contributed by atoms with van der Waals surface area (Å²) < 4.78 is 5.42. The van der Waals surface area contributed by atoms with Crippen LogP contribution in [0.3, 0.4) is 0 Å². The first-order valence-corrected chi connectivity index (χ1v) is 9.54. The van der Waals surface area contributed by atoms with E-state index in [1.54, 1.807) is 36.4 Å². The number of ether oxygens (including phenoxy) is 1. The fourth-order valence-corrected chi connectivity index (χ4v) is 3.58. The molecule has 0 unspecified atom stereocenters. The quantitative estimate of drug-likeness (QED) is 0.528. The van der Waals surface area contributed by atoms with Crippen molar-refractivity contribution in [3.8, 4) is 5.75 Å². The molecule has 0 N–H and O–H groups in total. The zero-order valence-corrected chi connectivity index (χ0v) is 16.2. The van der Waals surface area contributed by atoms with Gasteiger partial charge in [0.15, 0.2) is 5.78 Å². The Hall–Kier alpha value is -2.68. The molecule has 1 aliphatic carbocycles. The van der Waals surface area contributed by atoms with Crippen LogP contribution in [0.4, 0.5) is 0 Å². The molecule has 2 aromatic carbocycles. The number of Topliss-reactive ketones (excluding diaryl/α,β-unsaturated/α-hetero) is 1. The van der Waals surface area contributed by atoms with Gasteiger partial charge in [-0.25, -0.2) is 4.79 Å². The summed E-state index contributed by atoms with van der Waals surface area (Å²) >= 11 is 0. The molecule has 0 saturated carbocycles.